The first kappa shape index (κ1) is 19.2. The number of hydrogen-bond acceptors (Lipinski definition) is 4. The molecule has 2 atom stereocenters. The lowest BCUT2D eigenvalue weighted by Gasteiger charge is -2.46. The number of ether oxygens (including phenoxy) is 1. The van der Waals surface area contributed by atoms with Crippen molar-refractivity contribution < 1.29 is 4.74 Å². The molecule has 2 heterocycles. The molecule has 2 unspecified atom stereocenters. The maximum Gasteiger partial charge on any atom is 0.0869 e. The Balaban J connectivity index is 1.88. The average Bonchev–Trinajstić information content (AvgIpc) is 2.54. The van der Waals surface area contributed by atoms with Crippen molar-refractivity contribution in [2.24, 2.45) is 5.92 Å². The summed E-state index contributed by atoms with van der Waals surface area (Å²) in [6, 6.07) is 0.574. The lowest BCUT2D eigenvalue weighted by molar-refractivity contribution is -0.0883. The molecule has 0 N–H and O–H groups in total. The minimum Gasteiger partial charge on any atom is -0.374 e. The highest BCUT2D eigenvalue weighted by Gasteiger charge is 2.35. The number of hydrogen-bond donors (Lipinski definition) is 0. The summed E-state index contributed by atoms with van der Waals surface area (Å²) >= 11 is 0. The first-order valence-electron chi connectivity index (χ1n) is 9.86. The standard InChI is InChI=1S/C19H39N3O/c1-5-6-9-21-13-14-23-19(16-21)18-15-20(4)11-12-22(18)10-7-8-17(2)3/h17-19H,5-16H2,1-4H3. The first-order chi connectivity index (χ1) is 11.1. The third kappa shape index (κ3) is 6.33. The summed E-state index contributed by atoms with van der Waals surface area (Å²) in [6.45, 7) is 16.1. The van der Waals surface area contributed by atoms with Gasteiger partial charge < -0.3 is 9.64 Å². The summed E-state index contributed by atoms with van der Waals surface area (Å²) in [5.74, 6) is 0.816. The molecule has 2 rings (SSSR count). The molecule has 0 aliphatic carbocycles. The fourth-order valence-electron chi connectivity index (χ4n) is 3.87. The molecule has 0 spiro atoms. The van der Waals surface area contributed by atoms with Crippen molar-refractivity contribution in [3.05, 3.63) is 0 Å². The molecule has 0 bridgehead atoms. The van der Waals surface area contributed by atoms with E-state index in [0.717, 1.165) is 32.2 Å². The molecule has 4 nitrogen and oxygen atoms in total. The third-order valence-electron chi connectivity index (χ3n) is 5.40. The fraction of sp³-hybridized carbons (Fsp3) is 1.00. The van der Waals surface area contributed by atoms with Crippen molar-refractivity contribution in [1.29, 1.82) is 0 Å². The average molecular weight is 326 g/mol. The quantitative estimate of drug-likeness (QED) is 0.682. The highest BCUT2D eigenvalue weighted by Crippen LogP contribution is 2.20. The largest absolute Gasteiger partial charge is 0.374 e. The predicted molar refractivity (Wildman–Crippen MR) is 98.0 cm³/mol. The molecule has 2 aliphatic heterocycles. The van der Waals surface area contributed by atoms with Gasteiger partial charge in [0.05, 0.1) is 12.7 Å². The second-order valence-electron chi connectivity index (χ2n) is 7.97. The lowest BCUT2D eigenvalue weighted by Crippen LogP contribution is -2.61. The van der Waals surface area contributed by atoms with Crippen LogP contribution in [0.4, 0.5) is 0 Å². The third-order valence-corrected chi connectivity index (χ3v) is 5.40. The van der Waals surface area contributed by atoms with Crippen molar-refractivity contribution in [2.75, 3.05) is 59.5 Å². The summed E-state index contributed by atoms with van der Waals surface area (Å²) < 4.78 is 6.22. The van der Waals surface area contributed by atoms with Crippen LogP contribution >= 0.6 is 0 Å². The van der Waals surface area contributed by atoms with Gasteiger partial charge in [-0.3, -0.25) is 9.80 Å². The molecule has 0 aromatic carbocycles. The van der Waals surface area contributed by atoms with Crippen LogP contribution < -0.4 is 0 Å². The summed E-state index contributed by atoms with van der Waals surface area (Å²) in [5.41, 5.74) is 0. The van der Waals surface area contributed by atoms with Crippen LogP contribution in [0.3, 0.4) is 0 Å². The molecule has 23 heavy (non-hydrogen) atoms. The Kier molecular flexibility index (Phi) is 8.31. The van der Waals surface area contributed by atoms with Crippen LogP contribution in [-0.4, -0.2) is 86.3 Å². The highest BCUT2D eigenvalue weighted by atomic mass is 16.5. The fourth-order valence-corrected chi connectivity index (χ4v) is 3.87. The van der Waals surface area contributed by atoms with E-state index in [1.807, 2.05) is 0 Å². The normalized spacial score (nSPS) is 28.6. The van der Waals surface area contributed by atoms with E-state index in [0.29, 0.717) is 12.1 Å². The molecule has 0 radical (unpaired) electrons. The topological polar surface area (TPSA) is 19.0 Å². The number of morpholine rings is 1. The molecular formula is C19H39N3O. The maximum atomic E-state index is 6.22. The number of unbranched alkanes of at least 4 members (excludes halogenated alkanes) is 1. The minimum atomic E-state index is 0.391. The van der Waals surface area contributed by atoms with E-state index in [-0.39, 0.29) is 0 Å². The summed E-state index contributed by atoms with van der Waals surface area (Å²) in [4.78, 5) is 7.83. The minimum absolute atomic E-state index is 0.391. The van der Waals surface area contributed by atoms with Gasteiger partial charge in [-0.25, -0.2) is 0 Å². The summed E-state index contributed by atoms with van der Waals surface area (Å²) in [6.07, 6.45) is 5.66. The Morgan fingerprint density at radius 3 is 2.61 bits per heavy atom. The van der Waals surface area contributed by atoms with Crippen molar-refractivity contribution in [3.8, 4) is 0 Å². The van der Waals surface area contributed by atoms with Gasteiger partial charge in [-0.05, 0) is 45.3 Å². The Hall–Kier alpha value is -0.160. The molecule has 0 saturated carbocycles. The zero-order valence-corrected chi connectivity index (χ0v) is 16.0. The monoisotopic (exact) mass is 325 g/mol. The number of likely N-dealkylation sites (N-methyl/N-ethyl adjacent to an activating group) is 1. The van der Waals surface area contributed by atoms with Crippen LogP contribution in [0.1, 0.15) is 46.5 Å². The Bertz CT molecular complexity index is 324. The SMILES string of the molecule is CCCCN1CCOC(C2CN(C)CCN2CCCC(C)C)C1. The van der Waals surface area contributed by atoms with Gasteiger partial charge in [0, 0.05) is 38.8 Å². The van der Waals surface area contributed by atoms with E-state index in [1.165, 1.54) is 51.9 Å². The smallest absolute Gasteiger partial charge is 0.0869 e. The first-order valence-corrected chi connectivity index (χ1v) is 9.86. The van der Waals surface area contributed by atoms with Gasteiger partial charge in [-0.2, -0.15) is 0 Å². The lowest BCUT2D eigenvalue weighted by atomic mass is 10.0. The molecule has 0 amide bonds. The highest BCUT2D eigenvalue weighted by molar-refractivity contribution is 4.90. The molecule has 2 aliphatic rings. The molecule has 0 aromatic heterocycles. The van der Waals surface area contributed by atoms with E-state index in [4.69, 9.17) is 4.74 Å². The molecule has 2 saturated heterocycles. The molecule has 0 aromatic rings. The molecule has 136 valence electrons. The summed E-state index contributed by atoms with van der Waals surface area (Å²) in [7, 11) is 2.26. The van der Waals surface area contributed by atoms with E-state index in [1.54, 1.807) is 0 Å². The van der Waals surface area contributed by atoms with Crippen molar-refractivity contribution in [3.63, 3.8) is 0 Å². The van der Waals surface area contributed by atoms with Crippen LogP contribution in [0, 0.1) is 5.92 Å². The Labute approximate surface area is 144 Å². The zero-order valence-electron chi connectivity index (χ0n) is 16.0. The molecule has 2 fully saturated rings. The van der Waals surface area contributed by atoms with Crippen LogP contribution in [0.2, 0.25) is 0 Å². The Morgan fingerprint density at radius 1 is 1.04 bits per heavy atom. The van der Waals surface area contributed by atoms with Crippen LogP contribution in [0.15, 0.2) is 0 Å². The van der Waals surface area contributed by atoms with E-state index < -0.39 is 0 Å². The van der Waals surface area contributed by atoms with Crippen LogP contribution in [0.25, 0.3) is 0 Å². The summed E-state index contributed by atoms with van der Waals surface area (Å²) in [5, 5.41) is 0. The van der Waals surface area contributed by atoms with Crippen LogP contribution in [0.5, 0.6) is 0 Å². The van der Waals surface area contributed by atoms with Gasteiger partial charge in [-0.15, -0.1) is 0 Å². The predicted octanol–water partition coefficient (Wildman–Crippen LogP) is 2.54. The van der Waals surface area contributed by atoms with E-state index in [2.05, 4.69) is 42.5 Å². The van der Waals surface area contributed by atoms with Crippen molar-refractivity contribution in [1.82, 2.24) is 14.7 Å². The van der Waals surface area contributed by atoms with Gasteiger partial charge in [0.25, 0.3) is 0 Å². The number of piperazine rings is 1. The van der Waals surface area contributed by atoms with Gasteiger partial charge >= 0.3 is 0 Å². The van der Waals surface area contributed by atoms with E-state index >= 15 is 0 Å². The zero-order chi connectivity index (χ0) is 16.7. The van der Waals surface area contributed by atoms with Gasteiger partial charge in [0.2, 0.25) is 0 Å². The van der Waals surface area contributed by atoms with Crippen LogP contribution in [-0.2, 0) is 4.74 Å². The Morgan fingerprint density at radius 2 is 1.87 bits per heavy atom. The van der Waals surface area contributed by atoms with Gasteiger partial charge in [0.15, 0.2) is 0 Å². The second kappa shape index (κ2) is 9.97. The van der Waals surface area contributed by atoms with Gasteiger partial charge in [-0.1, -0.05) is 27.2 Å². The maximum absolute atomic E-state index is 6.22. The van der Waals surface area contributed by atoms with Crippen molar-refractivity contribution >= 4 is 0 Å². The molecule has 4 heteroatoms. The number of rotatable bonds is 8. The number of nitrogens with zero attached hydrogens (tertiary/aromatic N) is 3. The van der Waals surface area contributed by atoms with Crippen molar-refractivity contribution in [2.45, 2.75) is 58.6 Å². The van der Waals surface area contributed by atoms with E-state index in [9.17, 15) is 0 Å². The van der Waals surface area contributed by atoms with Gasteiger partial charge in [0.1, 0.15) is 0 Å². The second-order valence-corrected chi connectivity index (χ2v) is 7.97. The molecular weight excluding hydrogens is 286 g/mol.